The molecule has 1 amide bonds. The number of hydrogen-bond donors (Lipinski definition) is 2. The number of amides is 1. The highest BCUT2D eigenvalue weighted by Crippen LogP contribution is 2.57. The van der Waals surface area contributed by atoms with Crippen molar-refractivity contribution in [2.45, 2.75) is 38.1 Å². The number of fused-ring (bicyclic) bond motifs is 1. The molecule has 0 aromatic heterocycles. The summed E-state index contributed by atoms with van der Waals surface area (Å²) in [7, 11) is 0. The van der Waals surface area contributed by atoms with Crippen LogP contribution in [0.5, 0.6) is 0 Å². The number of benzene rings is 1. The zero-order valence-electron chi connectivity index (χ0n) is 11.4. The van der Waals surface area contributed by atoms with Crippen LogP contribution in [-0.4, -0.2) is 11.9 Å². The van der Waals surface area contributed by atoms with Crippen molar-refractivity contribution in [3.05, 3.63) is 24.0 Å². The van der Waals surface area contributed by atoms with Crippen molar-refractivity contribution in [1.82, 2.24) is 0 Å². The van der Waals surface area contributed by atoms with Gasteiger partial charge in [0.2, 0.25) is 5.91 Å². The standard InChI is InChI=1S/C16H19FN2O/c17-12-5-2-6-13(18-9-7-8-9)15(12)19-16(20)14-10-3-1-4-11(10)14/h2,5-6,9-11,14,18H,1,3-4,7-8H2,(H,19,20)/t10-,11-/m1/s1. The van der Waals surface area contributed by atoms with Crippen molar-refractivity contribution >= 4 is 17.3 Å². The molecule has 1 aromatic carbocycles. The third kappa shape index (κ3) is 2.07. The van der Waals surface area contributed by atoms with E-state index >= 15 is 0 Å². The van der Waals surface area contributed by atoms with Crippen molar-refractivity contribution in [3.63, 3.8) is 0 Å². The predicted molar refractivity (Wildman–Crippen MR) is 76.0 cm³/mol. The van der Waals surface area contributed by atoms with Crippen molar-refractivity contribution in [3.8, 4) is 0 Å². The first kappa shape index (κ1) is 12.2. The summed E-state index contributed by atoms with van der Waals surface area (Å²) in [6, 6.07) is 5.36. The van der Waals surface area contributed by atoms with Crippen LogP contribution < -0.4 is 10.6 Å². The van der Waals surface area contributed by atoms with Crippen LogP contribution >= 0.6 is 0 Å². The fraction of sp³-hybridized carbons (Fsp3) is 0.562. The first-order valence-electron chi connectivity index (χ1n) is 7.60. The minimum atomic E-state index is -0.352. The van der Waals surface area contributed by atoms with Gasteiger partial charge in [0.1, 0.15) is 11.5 Å². The van der Waals surface area contributed by atoms with Crippen molar-refractivity contribution in [1.29, 1.82) is 0 Å². The largest absolute Gasteiger partial charge is 0.381 e. The van der Waals surface area contributed by atoms with Crippen LogP contribution in [-0.2, 0) is 4.79 Å². The summed E-state index contributed by atoms with van der Waals surface area (Å²) in [5.74, 6) is 0.888. The second kappa shape index (κ2) is 4.47. The first-order chi connectivity index (χ1) is 9.74. The number of nitrogens with one attached hydrogen (secondary N) is 2. The van der Waals surface area contributed by atoms with Gasteiger partial charge in [-0.3, -0.25) is 4.79 Å². The number of carbonyl (C=O) groups is 1. The number of halogens is 1. The molecular formula is C16H19FN2O. The Kier molecular flexibility index (Phi) is 2.72. The zero-order valence-corrected chi connectivity index (χ0v) is 11.4. The fourth-order valence-corrected chi connectivity index (χ4v) is 3.64. The zero-order chi connectivity index (χ0) is 13.7. The Balaban J connectivity index is 1.51. The minimum Gasteiger partial charge on any atom is -0.381 e. The highest BCUT2D eigenvalue weighted by molar-refractivity contribution is 5.97. The minimum absolute atomic E-state index is 0.00338. The Morgan fingerprint density at radius 3 is 2.60 bits per heavy atom. The summed E-state index contributed by atoms with van der Waals surface area (Å²) in [6.45, 7) is 0. The molecule has 0 spiro atoms. The molecular weight excluding hydrogens is 255 g/mol. The molecule has 20 heavy (non-hydrogen) atoms. The molecule has 3 aliphatic rings. The summed E-state index contributed by atoms with van der Waals surface area (Å²) in [6.07, 6.45) is 5.81. The quantitative estimate of drug-likeness (QED) is 0.883. The van der Waals surface area contributed by atoms with Gasteiger partial charge in [-0.2, -0.15) is 0 Å². The molecule has 0 heterocycles. The average Bonchev–Trinajstić information content (AvgIpc) is 3.33. The number of rotatable bonds is 4. The van der Waals surface area contributed by atoms with Gasteiger partial charge in [0.15, 0.2) is 0 Å². The van der Waals surface area contributed by atoms with E-state index in [1.54, 1.807) is 6.07 Å². The maximum absolute atomic E-state index is 14.0. The van der Waals surface area contributed by atoms with Crippen molar-refractivity contribution in [2.24, 2.45) is 17.8 Å². The molecule has 2 atom stereocenters. The Bertz CT molecular complexity index is 545. The normalized spacial score (nSPS) is 30.8. The van der Waals surface area contributed by atoms with E-state index in [-0.39, 0.29) is 17.6 Å². The maximum atomic E-state index is 14.0. The van der Waals surface area contributed by atoms with Gasteiger partial charge in [0.05, 0.1) is 5.69 Å². The summed E-state index contributed by atoms with van der Waals surface area (Å²) < 4.78 is 14.0. The van der Waals surface area contributed by atoms with Crippen molar-refractivity contribution < 1.29 is 9.18 Å². The molecule has 3 fully saturated rings. The third-order valence-corrected chi connectivity index (χ3v) is 4.91. The molecule has 0 bridgehead atoms. The van der Waals surface area contributed by atoms with Crippen LogP contribution in [0.15, 0.2) is 18.2 Å². The van der Waals surface area contributed by atoms with E-state index in [1.165, 1.54) is 12.5 Å². The number of anilines is 2. The van der Waals surface area contributed by atoms with Crippen LogP contribution in [0.2, 0.25) is 0 Å². The van der Waals surface area contributed by atoms with Gasteiger partial charge >= 0.3 is 0 Å². The molecule has 0 saturated heterocycles. The molecule has 2 N–H and O–H groups in total. The van der Waals surface area contributed by atoms with Gasteiger partial charge in [-0.25, -0.2) is 4.39 Å². The average molecular weight is 274 g/mol. The van der Waals surface area contributed by atoms with Crippen molar-refractivity contribution in [2.75, 3.05) is 10.6 Å². The summed E-state index contributed by atoms with van der Waals surface area (Å²) in [5, 5.41) is 6.11. The summed E-state index contributed by atoms with van der Waals surface area (Å²) in [5.41, 5.74) is 1.04. The highest BCUT2D eigenvalue weighted by Gasteiger charge is 2.56. The fourth-order valence-electron chi connectivity index (χ4n) is 3.64. The lowest BCUT2D eigenvalue weighted by atomic mass is 10.1. The first-order valence-corrected chi connectivity index (χ1v) is 7.60. The SMILES string of the molecule is O=C(Nc1c(F)cccc1NC1CC1)C1[C@@H]2CCC[C@@H]12. The van der Waals surface area contributed by atoms with Gasteiger partial charge in [-0.15, -0.1) is 0 Å². The Labute approximate surface area is 117 Å². The van der Waals surface area contributed by atoms with E-state index in [0.717, 1.165) is 25.7 Å². The lowest BCUT2D eigenvalue weighted by molar-refractivity contribution is -0.118. The summed E-state index contributed by atoms with van der Waals surface area (Å²) >= 11 is 0. The molecule has 4 rings (SSSR count). The molecule has 3 aliphatic carbocycles. The van der Waals surface area contributed by atoms with Crippen LogP contribution in [0.3, 0.4) is 0 Å². The van der Waals surface area contributed by atoms with E-state index in [1.807, 2.05) is 6.07 Å². The molecule has 0 aliphatic heterocycles. The summed E-state index contributed by atoms with van der Waals surface area (Å²) in [4.78, 5) is 12.3. The molecule has 3 saturated carbocycles. The maximum Gasteiger partial charge on any atom is 0.228 e. The monoisotopic (exact) mass is 274 g/mol. The second-order valence-electron chi connectivity index (χ2n) is 6.35. The molecule has 1 aromatic rings. The Morgan fingerprint density at radius 1 is 1.15 bits per heavy atom. The number of carbonyl (C=O) groups excluding carboxylic acids is 1. The third-order valence-electron chi connectivity index (χ3n) is 4.91. The lowest BCUT2D eigenvalue weighted by Crippen LogP contribution is -2.19. The second-order valence-corrected chi connectivity index (χ2v) is 6.35. The van der Waals surface area contributed by atoms with E-state index in [0.29, 0.717) is 29.3 Å². The highest BCUT2D eigenvalue weighted by atomic mass is 19.1. The van der Waals surface area contributed by atoms with E-state index in [9.17, 15) is 9.18 Å². The van der Waals surface area contributed by atoms with Crippen LogP contribution in [0.25, 0.3) is 0 Å². The number of hydrogen-bond acceptors (Lipinski definition) is 2. The van der Waals surface area contributed by atoms with Gasteiger partial charge < -0.3 is 10.6 Å². The number of para-hydroxylation sites is 1. The molecule has 3 nitrogen and oxygen atoms in total. The molecule has 106 valence electrons. The smallest absolute Gasteiger partial charge is 0.228 e. The van der Waals surface area contributed by atoms with Crippen LogP contribution in [0, 0.1) is 23.6 Å². The van der Waals surface area contributed by atoms with Gasteiger partial charge in [0.25, 0.3) is 0 Å². The molecule has 0 radical (unpaired) electrons. The molecule has 0 unspecified atom stereocenters. The Hall–Kier alpha value is -1.58. The van der Waals surface area contributed by atoms with Gasteiger partial charge in [-0.05, 0) is 49.7 Å². The Morgan fingerprint density at radius 2 is 1.90 bits per heavy atom. The van der Waals surface area contributed by atoms with Gasteiger partial charge in [-0.1, -0.05) is 12.5 Å². The van der Waals surface area contributed by atoms with E-state index in [2.05, 4.69) is 10.6 Å². The van der Waals surface area contributed by atoms with E-state index in [4.69, 9.17) is 0 Å². The topological polar surface area (TPSA) is 41.1 Å². The predicted octanol–water partition coefficient (Wildman–Crippen LogP) is 3.38. The lowest BCUT2D eigenvalue weighted by Gasteiger charge is -2.14. The van der Waals surface area contributed by atoms with Crippen LogP contribution in [0.1, 0.15) is 32.1 Å². The van der Waals surface area contributed by atoms with E-state index < -0.39 is 0 Å². The molecule has 4 heteroatoms. The van der Waals surface area contributed by atoms with Gasteiger partial charge in [0, 0.05) is 12.0 Å². The van der Waals surface area contributed by atoms with Crippen LogP contribution in [0.4, 0.5) is 15.8 Å².